The highest BCUT2D eigenvalue weighted by molar-refractivity contribution is 7.10. The number of piperidine rings is 1. The van der Waals surface area contributed by atoms with Gasteiger partial charge in [0.2, 0.25) is 11.8 Å². The number of hydrogen-bond donors (Lipinski definition) is 1. The van der Waals surface area contributed by atoms with E-state index in [1.54, 1.807) is 11.0 Å². The van der Waals surface area contributed by atoms with Gasteiger partial charge in [-0.2, -0.15) is 0 Å². The summed E-state index contributed by atoms with van der Waals surface area (Å²) >= 11 is 0.948. The summed E-state index contributed by atoms with van der Waals surface area (Å²) in [7, 11) is 0. The summed E-state index contributed by atoms with van der Waals surface area (Å²) in [6, 6.07) is 7.77. The van der Waals surface area contributed by atoms with Crippen LogP contribution in [0.2, 0.25) is 0 Å². The molecule has 1 aromatic carbocycles. The van der Waals surface area contributed by atoms with Crippen LogP contribution in [0.15, 0.2) is 34.1 Å². The predicted molar refractivity (Wildman–Crippen MR) is 108 cm³/mol. The fourth-order valence-corrected chi connectivity index (χ4v) is 4.40. The maximum atomic E-state index is 12.5. The molecule has 1 amide bonds. The maximum Gasteiger partial charge on any atom is 0.311 e. The molecule has 7 heteroatoms. The first-order valence-electron chi connectivity index (χ1n) is 9.12. The van der Waals surface area contributed by atoms with Crippen molar-refractivity contribution in [1.29, 1.82) is 0 Å². The second kappa shape index (κ2) is 7.15. The Morgan fingerprint density at radius 1 is 1.26 bits per heavy atom. The van der Waals surface area contributed by atoms with Gasteiger partial charge in [-0.15, -0.1) is 0 Å². The van der Waals surface area contributed by atoms with Gasteiger partial charge < -0.3 is 10.0 Å². The topological polar surface area (TPSA) is 74.9 Å². The van der Waals surface area contributed by atoms with Crippen molar-refractivity contribution < 1.29 is 9.90 Å². The van der Waals surface area contributed by atoms with E-state index < -0.39 is 0 Å². The molecule has 0 aliphatic carbocycles. The van der Waals surface area contributed by atoms with Crippen molar-refractivity contribution in [1.82, 2.24) is 9.47 Å². The van der Waals surface area contributed by atoms with Gasteiger partial charge in [0.05, 0.1) is 10.6 Å². The Morgan fingerprint density at radius 3 is 2.78 bits per heavy atom. The van der Waals surface area contributed by atoms with Crippen LogP contribution < -0.4 is 4.87 Å². The first-order chi connectivity index (χ1) is 13.0. The molecule has 27 heavy (non-hydrogen) atoms. The zero-order valence-electron chi connectivity index (χ0n) is 15.1. The number of aliphatic imine (C=N–C) groups is 1. The maximum absolute atomic E-state index is 12.5. The van der Waals surface area contributed by atoms with Crippen molar-refractivity contribution in [2.75, 3.05) is 13.1 Å². The van der Waals surface area contributed by atoms with Crippen molar-refractivity contribution in [3.63, 3.8) is 0 Å². The van der Waals surface area contributed by atoms with Gasteiger partial charge in [0.25, 0.3) is 0 Å². The van der Waals surface area contributed by atoms with Crippen LogP contribution >= 0.6 is 11.3 Å². The summed E-state index contributed by atoms with van der Waals surface area (Å²) in [6.07, 6.45) is 4.90. The van der Waals surface area contributed by atoms with Gasteiger partial charge in [-0.05, 0) is 38.3 Å². The summed E-state index contributed by atoms with van der Waals surface area (Å²) in [5.41, 5.74) is 3.59. The van der Waals surface area contributed by atoms with Gasteiger partial charge in [0.15, 0.2) is 0 Å². The molecule has 0 radical (unpaired) electrons. The van der Waals surface area contributed by atoms with Crippen molar-refractivity contribution in [2.24, 2.45) is 4.99 Å². The summed E-state index contributed by atoms with van der Waals surface area (Å²) in [4.78, 5) is 31.3. The molecule has 4 rings (SSSR count). The van der Waals surface area contributed by atoms with Crippen LogP contribution in [0.25, 0.3) is 11.6 Å². The largest absolute Gasteiger partial charge is 0.493 e. The van der Waals surface area contributed by atoms with Crippen LogP contribution in [0, 0.1) is 0 Å². The second-order valence-electron chi connectivity index (χ2n) is 6.86. The summed E-state index contributed by atoms with van der Waals surface area (Å²) < 4.78 is 1.17. The number of nitrogens with zero attached hydrogens (tertiary/aromatic N) is 3. The quantitative estimate of drug-likeness (QED) is 0.884. The Bertz CT molecular complexity index is 1010. The van der Waals surface area contributed by atoms with Crippen LogP contribution in [0.4, 0.5) is 5.69 Å². The number of aromatic hydroxyl groups is 1. The summed E-state index contributed by atoms with van der Waals surface area (Å²) in [5.74, 6) is -0.270. The van der Waals surface area contributed by atoms with E-state index in [0.717, 1.165) is 66.2 Å². The number of carbonyl (C=O) groups excluding carboxylic acids is 1. The lowest BCUT2D eigenvalue weighted by Crippen LogP contribution is -2.38. The summed E-state index contributed by atoms with van der Waals surface area (Å²) in [6.45, 7) is 3.24. The first kappa shape index (κ1) is 17.7. The highest BCUT2D eigenvalue weighted by Gasteiger charge is 2.22. The Morgan fingerprint density at radius 2 is 2.00 bits per heavy atom. The van der Waals surface area contributed by atoms with E-state index in [1.165, 1.54) is 4.57 Å². The van der Waals surface area contributed by atoms with E-state index in [2.05, 4.69) is 4.99 Å². The first-order valence-corrected chi connectivity index (χ1v) is 9.93. The van der Waals surface area contributed by atoms with E-state index in [0.29, 0.717) is 4.88 Å². The van der Waals surface area contributed by atoms with Gasteiger partial charge in [0, 0.05) is 29.9 Å². The number of benzene rings is 1. The second-order valence-corrected chi connectivity index (χ2v) is 7.85. The number of rotatable bonds is 3. The smallest absolute Gasteiger partial charge is 0.311 e. The zero-order valence-corrected chi connectivity index (χ0v) is 16.0. The minimum atomic E-state index is -0.328. The third-order valence-corrected chi connectivity index (χ3v) is 5.96. The Labute approximate surface area is 161 Å². The van der Waals surface area contributed by atoms with Crippen LogP contribution in [-0.2, 0) is 11.3 Å². The molecule has 2 aliphatic heterocycles. The fourth-order valence-electron chi connectivity index (χ4n) is 3.57. The lowest BCUT2D eigenvalue weighted by molar-refractivity contribution is -0.132. The highest BCUT2D eigenvalue weighted by Crippen LogP contribution is 2.37. The fraction of sp³-hybridized carbons (Fsp3) is 0.350. The van der Waals surface area contributed by atoms with E-state index in [1.807, 2.05) is 31.2 Å². The minimum Gasteiger partial charge on any atom is -0.493 e. The number of fused-ring (bicyclic) bond motifs is 1. The van der Waals surface area contributed by atoms with Gasteiger partial charge in [-0.1, -0.05) is 29.5 Å². The number of hydrogen-bond acceptors (Lipinski definition) is 5. The highest BCUT2D eigenvalue weighted by atomic mass is 32.1. The molecule has 0 atom stereocenters. The molecule has 0 saturated carbocycles. The molecule has 6 nitrogen and oxygen atoms in total. The van der Waals surface area contributed by atoms with Crippen LogP contribution in [0.5, 0.6) is 5.88 Å². The van der Waals surface area contributed by atoms with Gasteiger partial charge in [-0.3, -0.25) is 19.1 Å². The third-order valence-electron chi connectivity index (χ3n) is 5.04. The molecule has 2 aromatic rings. The number of allylic oxidation sites excluding steroid dienone is 1. The molecular formula is C20H21N3O3S. The van der Waals surface area contributed by atoms with Crippen LogP contribution in [-0.4, -0.2) is 39.3 Å². The Balaban J connectivity index is 1.63. The summed E-state index contributed by atoms with van der Waals surface area (Å²) in [5, 5.41) is 10.6. The van der Waals surface area contributed by atoms with Crippen LogP contribution in [0.1, 0.15) is 36.6 Å². The standard InChI is InChI=1S/C20H21N3O3S/c1-13-15(14-7-3-4-8-16(14)21-13)11-17-19(25)23(20(26)27-17)12-18(24)22-9-5-2-6-10-22/h3-4,7-8,11,25H,2,5-6,9-10,12H2,1H3. The number of thiazole rings is 1. The number of aromatic nitrogens is 1. The lowest BCUT2D eigenvalue weighted by Gasteiger charge is -2.26. The molecule has 1 fully saturated rings. The molecule has 0 bridgehead atoms. The molecule has 3 heterocycles. The molecule has 140 valence electrons. The van der Waals surface area contributed by atoms with Crippen molar-refractivity contribution in [3.8, 4) is 5.88 Å². The zero-order chi connectivity index (χ0) is 19.0. The predicted octanol–water partition coefficient (Wildman–Crippen LogP) is 3.27. The number of carbonyl (C=O) groups is 1. The number of para-hydroxylation sites is 1. The van der Waals surface area contributed by atoms with Crippen LogP contribution in [0.3, 0.4) is 0 Å². The van der Waals surface area contributed by atoms with Gasteiger partial charge in [0.1, 0.15) is 6.54 Å². The molecule has 1 saturated heterocycles. The average molecular weight is 383 g/mol. The Hall–Kier alpha value is -2.67. The van der Waals surface area contributed by atoms with Gasteiger partial charge in [-0.25, -0.2) is 0 Å². The number of likely N-dealkylation sites (tertiary alicyclic amines) is 1. The molecular weight excluding hydrogens is 362 g/mol. The van der Waals surface area contributed by atoms with E-state index in [-0.39, 0.29) is 23.2 Å². The van der Waals surface area contributed by atoms with Crippen molar-refractivity contribution in [2.45, 2.75) is 32.7 Å². The van der Waals surface area contributed by atoms with Crippen molar-refractivity contribution in [3.05, 3.63) is 44.4 Å². The SMILES string of the molecule is CC1=Nc2ccccc2C1=Cc1sc(=O)n(CC(=O)N2CCCCC2)c1O. The third kappa shape index (κ3) is 3.35. The van der Waals surface area contributed by atoms with E-state index in [9.17, 15) is 14.7 Å². The molecule has 2 aliphatic rings. The van der Waals surface area contributed by atoms with E-state index >= 15 is 0 Å². The number of amides is 1. The minimum absolute atomic E-state index is 0.117. The molecule has 1 aromatic heterocycles. The van der Waals surface area contributed by atoms with E-state index in [4.69, 9.17) is 0 Å². The molecule has 1 N–H and O–H groups in total. The monoisotopic (exact) mass is 383 g/mol. The molecule has 0 unspecified atom stereocenters. The van der Waals surface area contributed by atoms with Gasteiger partial charge >= 0.3 is 4.87 Å². The lowest BCUT2D eigenvalue weighted by atomic mass is 10.0. The average Bonchev–Trinajstić information content (AvgIpc) is 3.13. The Kier molecular flexibility index (Phi) is 4.70. The van der Waals surface area contributed by atoms with Crippen molar-refractivity contribution >= 4 is 40.3 Å². The normalized spacial score (nSPS) is 17.9. The molecule has 0 spiro atoms.